The predicted molar refractivity (Wildman–Crippen MR) is 125 cm³/mol. The smallest absolute Gasteiger partial charge is 0.281 e. The molecule has 6 nitrogen and oxygen atoms in total. The maximum absolute atomic E-state index is 13.1. The second-order valence-corrected chi connectivity index (χ2v) is 7.91. The third kappa shape index (κ3) is 4.46. The monoisotopic (exact) mass is 435 g/mol. The van der Waals surface area contributed by atoms with E-state index in [-0.39, 0.29) is 18.4 Å². The Bertz CT molecular complexity index is 1040. The fourth-order valence-corrected chi connectivity index (χ4v) is 4.16. The zero-order valence-electron chi connectivity index (χ0n) is 17.5. The molecular formula is C24H25N3O3S. The molecule has 31 heavy (non-hydrogen) atoms. The summed E-state index contributed by atoms with van der Waals surface area (Å²) in [5.74, 6) is 0.322. The van der Waals surface area contributed by atoms with E-state index in [1.807, 2.05) is 54.3 Å². The lowest BCUT2D eigenvalue weighted by molar-refractivity contribution is -0.132. The van der Waals surface area contributed by atoms with Crippen molar-refractivity contribution in [3.63, 3.8) is 0 Å². The Kier molecular flexibility index (Phi) is 6.32. The molecule has 0 spiro atoms. The molecule has 0 aliphatic carbocycles. The number of para-hydroxylation sites is 2. The van der Waals surface area contributed by atoms with Crippen LogP contribution in [0.5, 0.6) is 5.75 Å². The van der Waals surface area contributed by atoms with E-state index in [1.165, 1.54) is 4.90 Å². The third-order valence-corrected chi connectivity index (χ3v) is 5.81. The molecule has 2 amide bonds. The van der Waals surface area contributed by atoms with Gasteiger partial charge in [0.15, 0.2) is 11.7 Å². The number of carbonyl (C=O) groups is 2. The molecule has 2 aromatic carbocycles. The molecule has 2 heterocycles. The topological polar surface area (TPSA) is 61.9 Å². The molecule has 1 N–H and O–H groups in total. The van der Waals surface area contributed by atoms with Gasteiger partial charge in [-0.05, 0) is 55.3 Å². The van der Waals surface area contributed by atoms with Crippen LogP contribution in [0.1, 0.15) is 30.9 Å². The summed E-state index contributed by atoms with van der Waals surface area (Å²) in [6.07, 6.45) is 4.60. The first kappa shape index (κ1) is 21.1. The average molecular weight is 436 g/mol. The SMILES string of the molecule is CCc1ccccc1N1C(=O)/C(=C\c2ccccc2OCC(=O)N2CCCC2)NC1=S. The molecule has 2 fully saturated rings. The number of nitrogens with zero attached hydrogens (tertiary/aromatic N) is 2. The Morgan fingerprint density at radius 1 is 1.13 bits per heavy atom. The lowest BCUT2D eigenvalue weighted by Gasteiger charge is -2.17. The van der Waals surface area contributed by atoms with Gasteiger partial charge in [-0.15, -0.1) is 0 Å². The molecule has 2 aromatic rings. The van der Waals surface area contributed by atoms with Gasteiger partial charge in [-0.25, -0.2) is 0 Å². The summed E-state index contributed by atoms with van der Waals surface area (Å²) in [5, 5.41) is 3.37. The van der Waals surface area contributed by atoms with Crippen LogP contribution in [0.4, 0.5) is 5.69 Å². The zero-order valence-corrected chi connectivity index (χ0v) is 18.3. The highest BCUT2D eigenvalue weighted by atomic mass is 32.1. The van der Waals surface area contributed by atoms with Crippen molar-refractivity contribution in [2.45, 2.75) is 26.2 Å². The van der Waals surface area contributed by atoms with Crippen LogP contribution < -0.4 is 15.0 Å². The van der Waals surface area contributed by atoms with Crippen molar-refractivity contribution < 1.29 is 14.3 Å². The van der Waals surface area contributed by atoms with Gasteiger partial charge in [0, 0.05) is 18.7 Å². The van der Waals surface area contributed by atoms with Gasteiger partial charge < -0.3 is 15.0 Å². The number of hydrogen-bond acceptors (Lipinski definition) is 4. The fraction of sp³-hybridized carbons (Fsp3) is 0.292. The zero-order chi connectivity index (χ0) is 21.8. The first-order valence-electron chi connectivity index (χ1n) is 10.5. The lowest BCUT2D eigenvalue weighted by atomic mass is 10.1. The molecule has 4 rings (SSSR count). The number of likely N-dealkylation sites (tertiary alicyclic amines) is 1. The number of ether oxygens (including phenoxy) is 1. The van der Waals surface area contributed by atoms with Crippen molar-refractivity contribution in [1.29, 1.82) is 0 Å². The average Bonchev–Trinajstić information content (AvgIpc) is 3.41. The van der Waals surface area contributed by atoms with Crippen LogP contribution in [0.2, 0.25) is 0 Å². The van der Waals surface area contributed by atoms with Gasteiger partial charge in [0.25, 0.3) is 11.8 Å². The first-order chi connectivity index (χ1) is 15.1. The Hall–Kier alpha value is -3.19. The summed E-state index contributed by atoms with van der Waals surface area (Å²) in [7, 11) is 0. The fourth-order valence-electron chi connectivity index (χ4n) is 3.87. The van der Waals surface area contributed by atoms with Crippen molar-refractivity contribution in [2.24, 2.45) is 0 Å². The van der Waals surface area contributed by atoms with Crippen molar-refractivity contribution in [3.8, 4) is 5.75 Å². The molecule has 2 saturated heterocycles. The van der Waals surface area contributed by atoms with E-state index in [1.54, 1.807) is 12.1 Å². The lowest BCUT2D eigenvalue weighted by Crippen LogP contribution is -2.32. The summed E-state index contributed by atoms with van der Waals surface area (Å²) in [6, 6.07) is 15.1. The minimum absolute atomic E-state index is 0.0152. The maximum Gasteiger partial charge on any atom is 0.281 e. The molecule has 2 aliphatic rings. The van der Waals surface area contributed by atoms with Gasteiger partial charge in [-0.3, -0.25) is 14.5 Å². The third-order valence-electron chi connectivity index (χ3n) is 5.52. The molecule has 0 bridgehead atoms. The minimum Gasteiger partial charge on any atom is -0.483 e. The number of amides is 2. The Labute approximate surface area is 187 Å². The summed E-state index contributed by atoms with van der Waals surface area (Å²) in [5.41, 5.74) is 2.92. The van der Waals surface area contributed by atoms with E-state index in [2.05, 4.69) is 5.32 Å². The van der Waals surface area contributed by atoms with Crippen LogP contribution in [-0.4, -0.2) is 41.5 Å². The number of rotatable bonds is 6. The number of benzene rings is 2. The van der Waals surface area contributed by atoms with Gasteiger partial charge in [0.1, 0.15) is 11.4 Å². The van der Waals surface area contributed by atoms with Gasteiger partial charge in [-0.2, -0.15) is 0 Å². The quantitative estimate of drug-likeness (QED) is 0.556. The van der Waals surface area contributed by atoms with Crippen molar-refractivity contribution in [3.05, 3.63) is 65.4 Å². The molecular weight excluding hydrogens is 410 g/mol. The number of hydrogen-bond donors (Lipinski definition) is 1. The van der Waals surface area contributed by atoms with Crippen LogP contribution in [-0.2, 0) is 16.0 Å². The highest BCUT2D eigenvalue weighted by Crippen LogP contribution is 2.28. The highest BCUT2D eigenvalue weighted by Gasteiger charge is 2.33. The van der Waals surface area contributed by atoms with E-state index in [0.717, 1.165) is 43.6 Å². The normalized spacial score (nSPS) is 17.4. The second-order valence-electron chi connectivity index (χ2n) is 7.53. The van der Waals surface area contributed by atoms with Crippen LogP contribution in [0.25, 0.3) is 6.08 Å². The van der Waals surface area contributed by atoms with Crippen molar-refractivity contribution >= 4 is 40.9 Å². The highest BCUT2D eigenvalue weighted by molar-refractivity contribution is 7.80. The first-order valence-corrected chi connectivity index (χ1v) is 10.9. The minimum atomic E-state index is -0.214. The Morgan fingerprint density at radius 3 is 2.61 bits per heavy atom. The van der Waals surface area contributed by atoms with E-state index in [0.29, 0.717) is 22.1 Å². The molecule has 0 atom stereocenters. The summed E-state index contributed by atoms with van der Waals surface area (Å²) in [4.78, 5) is 28.8. The summed E-state index contributed by atoms with van der Waals surface area (Å²) in [6.45, 7) is 3.61. The van der Waals surface area contributed by atoms with E-state index in [9.17, 15) is 9.59 Å². The number of anilines is 1. The molecule has 160 valence electrons. The van der Waals surface area contributed by atoms with Crippen LogP contribution >= 0.6 is 12.2 Å². The number of thiocarbonyl (C=S) groups is 1. The van der Waals surface area contributed by atoms with Crippen LogP contribution in [0.3, 0.4) is 0 Å². The number of carbonyl (C=O) groups excluding carboxylic acids is 2. The van der Waals surface area contributed by atoms with Crippen molar-refractivity contribution in [1.82, 2.24) is 10.2 Å². The molecule has 0 unspecified atom stereocenters. The number of aryl methyl sites for hydroxylation is 1. The van der Waals surface area contributed by atoms with Gasteiger partial charge in [0.2, 0.25) is 0 Å². The molecule has 0 aromatic heterocycles. The van der Waals surface area contributed by atoms with Crippen LogP contribution in [0, 0.1) is 0 Å². The standard InChI is InChI=1S/C24H25N3O3S/c1-2-17-9-3-5-11-20(17)27-23(29)19(25-24(27)31)15-18-10-4-6-12-21(18)30-16-22(28)26-13-7-8-14-26/h3-6,9-12,15H,2,7-8,13-14,16H2,1H3,(H,25,31)/b19-15+. The molecule has 0 saturated carbocycles. The maximum atomic E-state index is 13.1. The van der Waals surface area contributed by atoms with Crippen molar-refractivity contribution in [2.75, 3.05) is 24.6 Å². The van der Waals surface area contributed by atoms with Gasteiger partial charge in [0.05, 0.1) is 5.69 Å². The number of nitrogens with one attached hydrogen (secondary N) is 1. The largest absolute Gasteiger partial charge is 0.483 e. The summed E-state index contributed by atoms with van der Waals surface area (Å²) < 4.78 is 5.81. The molecule has 7 heteroatoms. The van der Waals surface area contributed by atoms with E-state index >= 15 is 0 Å². The Morgan fingerprint density at radius 2 is 1.84 bits per heavy atom. The van der Waals surface area contributed by atoms with Gasteiger partial charge >= 0.3 is 0 Å². The van der Waals surface area contributed by atoms with E-state index < -0.39 is 0 Å². The second kappa shape index (κ2) is 9.31. The molecule has 0 radical (unpaired) electrons. The molecule has 2 aliphatic heterocycles. The predicted octanol–water partition coefficient (Wildman–Crippen LogP) is 3.51. The van der Waals surface area contributed by atoms with Crippen LogP contribution in [0.15, 0.2) is 54.2 Å². The summed E-state index contributed by atoms with van der Waals surface area (Å²) >= 11 is 5.45. The van der Waals surface area contributed by atoms with E-state index in [4.69, 9.17) is 17.0 Å². The Balaban J connectivity index is 1.54. The van der Waals surface area contributed by atoms with Gasteiger partial charge in [-0.1, -0.05) is 43.3 Å².